The van der Waals surface area contributed by atoms with E-state index in [0.29, 0.717) is 11.0 Å². The van der Waals surface area contributed by atoms with Crippen molar-refractivity contribution in [2.75, 3.05) is 0 Å². The van der Waals surface area contributed by atoms with E-state index < -0.39 is 0 Å². The molecule has 2 nitrogen and oxygen atoms in total. The molecule has 0 radical (unpaired) electrons. The normalized spacial score (nSPS) is 11.0. The van der Waals surface area contributed by atoms with Gasteiger partial charge in [0.25, 0.3) is 0 Å². The van der Waals surface area contributed by atoms with Crippen LogP contribution < -0.4 is 0 Å². The second-order valence-corrected chi connectivity index (χ2v) is 5.67. The van der Waals surface area contributed by atoms with Gasteiger partial charge in [-0.1, -0.05) is 54.8 Å². The SMILES string of the molecule is CCCc1ccc2nc(-c3cccc(C)c3)nc(Cl)c2c1. The summed E-state index contributed by atoms with van der Waals surface area (Å²) in [6, 6.07) is 14.4. The Bertz CT molecular complexity index is 796. The Morgan fingerprint density at radius 3 is 2.67 bits per heavy atom. The van der Waals surface area contributed by atoms with E-state index >= 15 is 0 Å². The lowest BCUT2D eigenvalue weighted by Crippen LogP contribution is -1.93. The summed E-state index contributed by atoms with van der Waals surface area (Å²) in [5.41, 5.74) is 4.35. The molecule has 0 aliphatic heterocycles. The first kappa shape index (κ1) is 14.0. The average molecular weight is 297 g/mol. The van der Waals surface area contributed by atoms with E-state index in [9.17, 15) is 0 Å². The lowest BCUT2D eigenvalue weighted by molar-refractivity contribution is 0.923. The van der Waals surface area contributed by atoms with Gasteiger partial charge >= 0.3 is 0 Å². The second kappa shape index (κ2) is 5.82. The van der Waals surface area contributed by atoms with Crippen molar-refractivity contribution in [3.8, 4) is 11.4 Å². The maximum Gasteiger partial charge on any atom is 0.161 e. The highest BCUT2D eigenvalue weighted by atomic mass is 35.5. The summed E-state index contributed by atoms with van der Waals surface area (Å²) in [4.78, 5) is 9.12. The highest BCUT2D eigenvalue weighted by Gasteiger charge is 2.08. The Hall–Kier alpha value is -1.93. The number of benzene rings is 2. The summed E-state index contributed by atoms with van der Waals surface area (Å²) in [5, 5.41) is 1.45. The van der Waals surface area contributed by atoms with Crippen molar-refractivity contribution in [3.63, 3.8) is 0 Å². The van der Waals surface area contributed by atoms with Crippen LogP contribution in [0.15, 0.2) is 42.5 Å². The molecule has 3 heteroatoms. The molecular weight excluding hydrogens is 280 g/mol. The van der Waals surface area contributed by atoms with Crippen LogP contribution in [-0.2, 0) is 6.42 Å². The zero-order chi connectivity index (χ0) is 14.8. The molecule has 0 spiro atoms. The predicted molar refractivity (Wildman–Crippen MR) is 88.7 cm³/mol. The summed E-state index contributed by atoms with van der Waals surface area (Å²) in [5.74, 6) is 0.680. The van der Waals surface area contributed by atoms with Crippen molar-refractivity contribution in [1.29, 1.82) is 0 Å². The lowest BCUT2D eigenvalue weighted by Gasteiger charge is -2.07. The van der Waals surface area contributed by atoms with Crippen LogP contribution in [0.4, 0.5) is 0 Å². The van der Waals surface area contributed by atoms with Crippen molar-refractivity contribution in [2.45, 2.75) is 26.7 Å². The minimum Gasteiger partial charge on any atom is -0.228 e. The molecule has 0 N–H and O–H groups in total. The number of hydrogen-bond donors (Lipinski definition) is 0. The summed E-state index contributed by atoms with van der Waals surface area (Å²) >= 11 is 6.37. The van der Waals surface area contributed by atoms with E-state index in [1.54, 1.807) is 0 Å². The van der Waals surface area contributed by atoms with E-state index in [1.165, 1.54) is 11.1 Å². The second-order valence-electron chi connectivity index (χ2n) is 5.31. The van der Waals surface area contributed by atoms with Gasteiger partial charge < -0.3 is 0 Å². The van der Waals surface area contributed by atoms with Crippen LogP contribution >= 0.6 is 11.6 Å². The molecule has 0 bridgehead atoms. The van der Waals surface area contributed by atoms with E-state index in [-0.39, 0.29) is 0 Å². The van der Waals surface area contributed by atoms with Gasteiger partial charge in [0.15, 0.2) is 5.82 Å². The molecule has 0 atom stereocenters. The van der Waals surface area contributed by atoms with Gasteiger partial charge in [-0.15, -0.1) is 0 Å². The van der Waals surface area contributed by atoms with Crippen molar-refractivity contribution in [1.82, 2.24) is 9.97 Å². The standard InChI is InChI=1S/C18H17ClN2/c1-3-5-13-8-9-16-15(11-13)17(19)21-18(20-16)14-7-4-6-12(2)10-14/h4,6-11H,3,5H2,1-2H3. The maximum atomic E-state index is 6.37. The summed E-state index contributed by atoms with van der Waals surface area (Å²) in [6.45, 7) is 4.23. The van der Waals surface area contributed by atoms with Gasteiger partial charge in [-0.25, -0.2) is 9.97 Å². The van der Waals surface area contributed by atoms with E-state index in [2.05, 4.69) is 48.1 Å². The fourth-order valence-electron chi connectivity index (χ4n) is 2.50. The Labute approximate surface area is 129 Å². The molecule has 0 aliphatic rings. The Balaban J connectivity index is 2.13. The molecule has 0 fully saturated rings. The third-order valence-corrected chi connectivity index (χ3v) is 3.82. The molecule has 0 aliphatic carbocycles. The smallest absolute Gasteiger partial charge is 0.161 e. The number of rotatable bonds is 3. The molecule has 1 heterocycles. The van der Waals surface area contributed by atoms with E-state index in [0.717, 1.165) is 29.3 Å². The number of fused-ring (bicyclic) bond motifs is 1. The molecule has 0 saturated heterocycles. The quantitative estimate of drug-likeness (QED) is 0.620. The van der Waals surface area contributed by atoms with Gasteiger partial charge in [0.1, 0.15) is 5.15 Å². The first-order valence-electron chi connectivity index (χ1n) is 7.20. The number of hydrogen-bond acceptors (Lipinski definition) is 2. The zero-order valence-corrected chi connectivity index (χ0v) is 13.0. The van der Waals surface area contributed by atoms with Crippen LogP contribution in [0.5, 0.6) is 0 Å². The highest BCUT2D eigenvalue weighted by molar-refractivity contribution is 6.34. The topological polar surface area (TPSA) is 25.8 Å². The molecule has 0 saturated carbocycles. The lowest BCUT2D eigenvalue weighted by atomic mass is 10.1. The Morgan fingerprint density at radius 1 is 1.05 bits per heavy atom. The molecule has 3 rings (SSSR count). The number of halogens is 1. The maximum absolute atomic E-state index is 6.37. The van der Waals surface area contributed by atoms with Crippen molar-refractivity contribution in [3.05, 3.63) is 58.7 Å². The summed E-state index contributed by atoms with van der Waals surface area (Å²) < 4.78 is 0. The van der Waals surface area contributed by atoms with Gasteiger partial charge in [0, 0.05) is 10.9 Å². The minimum atomic E-state index is 0.523. The Kier molecular flexibility index (Phi) is 3.89. The number of aromatic nitrogens is 2. The van der Waals surface area contributed by atoms with Crippen molar-refractivity contribution in [2.24, 2.45) is 0 Å². The van der Waals surface area contributed by atoms with Gasteiger partial charge in [-0.05, 0) is 37.1 Å². The Morgan fingerprint density at radius 2 is 1.90 bits per heavy atom. The van der Waals surface area contributed by atoms with Crippen LogP contribution in [0, 0.1) is 6.92 Å². The monoisotopic (exact) mass is 296 g/mol. The zero-order valence-electron chi connectivity index (χ0n) is 12.2. The molecule has 3 aromatic rings. The summed E-state index contributed by atoms with van der Waals surface area (Å²) in [7, 11) is 0. The van der Waals surface area contributed by atoms with Crippen molar-refractivity contribution >= 4 is 22.5 Å². The minimum absolute atomic E-state index is 0.523. The van der Waals surface area contributed by atoms with Crippen LogP contribution in [0.2, 0.25) is 5.15 Å². The molecule has 0 unspecified atom stereocenters. The molecule has 106 valence electrons. The largest absolute Gasteiger partial charge is 0.228 e. The van der Waals surface area contributed by atoms with Crippen molar-refractivity contribution < 1.29 is 0 Å². The van der Waals surface area contributed by atoms with Gasteiger partial charge in [0.05, 0.1) is 5.52 Å². The van der Waals surface area contributed by atoms with Crippen LogP contribution in [0.25, 0.3) is 22.3 Å². The van der Waals surface area contributed by atoms with E-state index in [1.807, 2.05) is 18.2 Å². The molecule has 21 heavy (non-hydrogen) atoms. The van der Waals surface area contributed by atoms with Crippen LogP contribution in [-0.4, -0.2) is 9.97 Å². The fraction of sp³-hybridized carbons (Fsp3) is 0.222. The fourth-order valence-corrected chi connectivity index (χ4v) is 2.73. The first-order chi connectivity index (χ1) is 10.2. The van der Waals surface area contributed by atoms with Gasteiger partial charge in [0.2, 0.25) is 0 Å². The number of nitrogens with zero attached hydrogens (tertiary/aromatic N) is 2. The third kappa shape index (κ3) is 2.91. The predicted octanol–water partition coefficient (Wildman–Crippen LogP) is 5.21. The van der Waals surface area contributed by atoms with Crippen LogP contribution in [0.1, 0.15) is 24.5 Å². The third-order valence-electron chi connectivity index (χ3n) is 3.53. The molecule has 1 aromatic heterocycles. The van der Waals surface area contributed by atoms with E-state index in [4.69, 9.17) is 11.6 Å². The highest BCUT2D eigenvalue weighted by Crippen LogP contribution is 2.26. The average Bonchev–Trinajstić information content (AvgIpc) is 2.48. The number of aryl methyl sites for hydroxylation is 2. The van der Waals surface area contributed by atoms with Crippen LogP contribution in [0.3, 0.4) is 0 Å². The molecule has 0 amide bonds. The molecular formula is C18H17ClN2. The van der Waals surface area contributed by atoms with Gasteiger partial charge in [-0.2, -0.15) is 0 Å². The molecule has 2 aromatic carbocycles. The van der Waals surface area contributed by atoms with Gasteiger partial charge in [-0.3, -0.25) is 0 Å². The summed E-state index contributed by atoms with van der Waals surface area (Å²) in [6.07, 6.45) is 2.16. The first-order valence-corrected chi connectivity index (χ1v) is 7.58.